The van der Waals surface area contributed by atoms with Crippen LogP contribution in [0.5, 0.6) is 0 Å². The highest BCUT2D eigenvalue weighted by Crippen LogP contribution is 2.32. The van der Waals surface area contributed by atoms with E-state index in [0.717, 1.165) is 22.1 Å². The van der Waals surface area contributed by atoms with Crippen molar-refractivity contribution in [3.63, 3.8) is 0 Å². The highest BCUT2D eigenvalue weighted by Gasteiger charge is 2.40. The molecular weight excluding hydrogens is 320 g/mol. The molecule has 0 spiro atoms. The Balaban J connectivity index is 2.21. The summed E-state index contributed by atoms with van der Waals surface area (Å²) >= 11 is 3.42. The lowest BCUT2D eigenvalue weighted by molar-refractivity contribution is -0.126. The predicted octanol–water partition coefficient (Wildman–Crippen LogP) is 3.27. The van der Waals surface area contributed by atoms with Crippen LogP contribution in [0.15, 0.2) is 22.7 Å². The third kappa shape index (κ3) is 3.02. The van der Waals surface area contributed by atoms with Crippen LogP contribution in [0, 0.1) is 16.7 Å². The number of benzene rings is 1. The number of rotatable bonds is 3. The van der Waals surface area contributed by atoms with E-state index >= 15 is 0 Å². The van der Waals surface area contributed by atoms with Gasteiger partial charge in [-0.25, -0.2) is 0 Å². The fourth-order valence-electron chi connectivity index (χ4n) is 2.33. The maximum absolute atomic E-state index is 12.5. The zero-order chi connectivity index (χ0) is 14.6. The molecule has 1 N–H and O–H groups in total. The van der Waals surface area contributed by atoms with Crippen LogP contribution in [0.4, 0.5) is 5.69 Å². The van der Waals surface area contributed by atoms with Crippen molar-refractivity contribution >= 4 is 27.5 Å². The summed E-state index contributed by atoms with van der Waals surface area (Å²) in [5, 5.41) is 12.3. The molecule has 0 aromatic heterocycles. The molecule has 1 aromatic rings. The van der Waals surface area contributed by atoms with Gasteiger partial charge >= 0.3 is 0 Å². The van der Waals surface area contributed by atoms with Gasteiger partial charge in [0, 0.05) is 23.4 Å². The van der Waals surface area contributed by atoms with Crippen LogP contribution in [0.3, 0.4) is 0 Å². The molecule has 1 aliphatic heterocycles. The number of ether oxygens (including phenoxy) is 1. The maximum atomic E-state index is 12.5. The van der Waals surface area contributed by atoms with Crippen LogP contribution in [-0.4, -0.2) is 19.1 Å². The summed E-state index contributed by atoms with van der Waals surface area (Å²) < 4.78 is 6.23. The molecule has 4 nitrogen and oxygen atoms in total. The lowest BCUT2D eigenvalue weighted by Gasteiger charge is -2.29. The molecule has 0 saturated carbocycles. The Labute approximate surface area is 127 Å². The summed E-state index contributed by atoms with van der Waals surface area (Å²) in [5.74, 6) is -0.222. The van der Waals surface area contributed by atoms with E-state index < -0.39 is 5.41 Å². The third-order valence-corrected chi connectivity index (χ3v) is 4.18. The number of anilines is 1. The number of carbonyl (C=O) groups is 1. The van der Waals surface area contributed by atoms with Gasteiger partial charge in [0.25, 0.3) is 0 Å². The Kier molecular flexibility index (Phi) is 4.79. The summed E-state index contributed by atoms with van der Waals surface area (Å²) in [6.07, 6.45) is 1.72. The third-order valence-electron chi connectivity index (χ3n) is 3.69. The molecule has 0 aliphatic carbocycles. The maximum Gasteiger partial charge on any atom is 0.245 e. The van der Waals surface area contributed by atoms with Crippen molar-refractivity contribution in [3.8, 4) is 6.07 Å². The van der Waals surface area contributed by atoms with Crippen molar-refractivity contribution < 1.29 is 9.53 Å². The second kappa shape index (κ2) is 6.38. The Bertz CT molecular complexity index is 545. The van der Waals surface area contributed by atoms with Gasteiger partial charge < -0.3 is 10.1 Å². The predicted molar refractivity (Wildman–Crippen MR) is 80.2 cm³/mol. The molecule has 20 heavy (non-hydrogen) atoms. The quantitative estimate of drug-likeness (QED) is 0.921. The van der Waals surface area contributed by atoms with Crippen LogP contribution in [0.1, 0.15) is 25.3 Å². The zero-order valence-corrected chi connectivity index (χ0v) is 13.0. The summed E-state index contributed by atoms with van der Waals surface area (Å²) in [4.78, 5) is 12.5. The van der Waals surface area contributed by atoms with Crippen molar-refractivity contribution in [3.05, 3.63) is 28.2 Å². The van der Waals surface area contributed by atoms with E-state index in [1.165, 1.54) is 0 Å². The summed E-state index contributed by atoms with van der Waals surface area (Å²) in [6, 6.07) is 7.92. The van der Waals surface area contributed by atoms with E-state index in [0.29, 0.717) is 26.1 Å². The van der Waals surface area contributed by atoms with E-state index in [2.05, 4.69) is 27.3 Å². The van der Waals surface area contributed by atoms with Gasteiger partial charge in [-0.05, 0) is 43.0 Å². The highest BCUT2D eigenvalue weighted by molar-refractivity contribution is 9.10. The minimum Gasteiger partial charge on any atom is -0.381 e. The van der Waals surface area contributed by atoms with Crippen molar-refractivity contribution in [2.45, 2.75) is 26.2 Å². The van der Waals surface area contributed by atoms with E-state index in [-0.39, 0.29) is 5.91 Å². The highest BCUT2D eigenvalue weighted by atomic mass is 79.9. The van der Waals surface area contributed by atoms with E-state index in [1.807, 2.05) is 25.1 Å². The summed E-state index contributed by atoms with van der Waals surface area (Å²) in [7, 11) is 0. The number of carbonyl (C=O) groups excluding carboxylic acids is 1. The van der Waals surface area contributed by atoms with Gasteiger partial charge in [0.05, 0.1) is 6.07 Å². The molecule has 1 aromatic carbocycles. The van der Waals surface area contributed by atoms with Crippen molar-refractivity contribution in [1.82, 2.24) is 0 Å². The van der Waals surface area contributed by atoms with Crippen LogP contribution < -0.4 is 5.32 Å². The number of nitrogens with zero attached hydrogens (tertiary/aromatic N) is 1. The van der Waals surface area contributed by atoms with Crippen LogP contribution >= 0.6 is 15.9 Å². The first-order valence-corrected chi connectivity index (χ1v) is 7.49. The Morgan fingerprint density at radius 2 is 2.20 bits per heavy atom. The molecule has 106 valence electrons. The smallest absolute Gasteiger partial charge is 0.245 e. The normalized spacial score (nSPS) is 17.2. The van der Waals surface area contributed by atoms with Crippen LogP contribution in [0.2, 0.25) is 0 Å². The largest absolute Gasteiger partial charge is 0.381 e. The summed E-state index contributed by atoms with van der Waals surface area (Å²) in [5.41, 5.74) is 0.866. The number of nitrogens with one attached hydrogen (secondary N) is 1. The van der Waals surface area contributed by atoms with Gasteiger partial charge in [0.1, 0.15) is 5.41 Å². The molecule has 5 heteroatoms. The molecule has 0 bridgehead atoms. The summed E-state index contributed by atoms with van der Waals surface area (Å²) in [6.45, 7) is 2.95. The molecule has 0 atom stereocenters. The second-order valence-corrected chi connectivity index (χ2v) is 5.83. The molecule has 1 heterocycles. The lowest BCUT2D eigenvalue weighted by atomic mass is 9.80. The molecule has 2 rings (SSSR count). The van der Waals surface area contributed by atoms with E-state index in [9.17, 15) is 10.1 Å². The van der Waals surface area contributed by atoms with Crippen molar-refractivity contribution in [2.75, 3.05) is 18.5 Å². The van der Waals surface area contributed by atoms with Gasteiger partial charge in [-0.2, -0.15) is 5.26 Å². The molecule has 1 saturated heterocycles. The molecule has 1 amide bonds. The minimum absolute atomic E-state index is 0.222. The Hall–Kier alpha value is -1.38. The number of hydrogen-bond acceptors (Lipinski definition) is 3. The van der Waals surface area contributed by atoms with Crippen molar-refractivity contribution in [2.24, 2.45) is 5.41 Å². The standard InChI is InChI=1S/C15H17BrN2O2/c1-2-11-9-12(16)3-4-13(11)18-14(19)15(10-17)5-7-20-8-6-15/h3-4,9H,2,5-8H2,1H3,(H,18,19). The molecule has 0 unspecified atom stereocenters. The lowest BCUT2D eigenvalue weighted by Crippen LogP contribution is -2.40. The number of halogens is 1. The number of amides is 1. The van der Waals surface area contributed by atoms with Crippen LogP contribution in [-0.2, 0) is 16.0 Å². The molecular formula is C15H17BrN2O2. The molecule has 1 aliphatic rings. The second-order valence-electron chi connectivity index (χ2n) is 4.92. The van der Waals surface area contributed by atoms with Gasteiger partial charge in [-0.15, -0.1) is 0 Å². The van der Waals surface area contributed by atoms with Gasteiger partial charge in [0.15, 0.2) is 0 Å². The average Bonchev–Trinajstić information content (AvgIpc) is 2.49. The first-order valence-electron chi connectivity index (χ1n) is 6.70. The van der Waals surface area contributed by atoms with E-state index in [4.69, 9.17) is 4.74 Å². The Morgan fingerprint density at radius 1 is 1.50 bits per heavy atom. The van der Waals surface area contributed by atoms with Crippen molar-refractivity contribution in [1.29, 1.82) is 5.26 Å². The SMILES string of the molecule is CCc1cc(Br)ccc1NC(=O)C1(C#N)CCOCC1. The van der Waals surface area contributed by atoms with Crippen LogP contribution in [0.25, 0.3) is 0 Å². The molecule has 1 fully saturated rings. The first-order chi connectivity index (χ1) is 9.61. The topological polar surface area (TPSA) is 62.1 Å². The van der Waals surface area contributed by atoms with Gasteiger partial charge in [-0.1, -0.05) is 22.9 Å². The minimum atomic E-state index is -0.962. The number of nitriles is 1. The van der Waals surface area contributed by atoms with Gasteiger partial charge in [0.2, 0.25) is 5.91 Å². The van der Waals surface area contributed by atoms with E-state index in [1.54, 1.807) is 0 Å². The average molecular weight is 337 g/mol. The monoisotopic (exact) mass is 336 g/mol. The van der Waals surface area contributed by atoms with Gasteiger partial charge in [-0.3, -0.25) is 4.79 Å². The first kappa shape index (κ1) is 15.0. The Morgan fingerprint density at radius 3 is 2.80 bits per heavy atom. The zero-order valence-electron chi connectivity index (χ0n) is 11.4. The molecule has 0 radical (unpaired) electrons. The fourth-order valence-corrected chi connectivity index (χ4v) is 2.74. The fraction of sp³-hybridized carbons (Fsp3) is 0.467. The number of hydrogen-bond donors (Lipinski definition) is 1. The number of aryl methyl sites for hydroxylation is 1.